The van der Waals surface area contributed by atoms with E-state index < -0.39 is 0 Å². The van der Waals surface area contributed by atoms with Gasteiger partial charge in [0.05, 0.1) is 6.61 Å². The van der Waals surface area contributed by atoms with Crippen molar-refractivity contribution in [1.29, 1.82) is 0 Å². The van der Waals surface area contributed by atoms with Crippen LogP contribution in [0.5, 0.6) is 0 Å². The molecule has 1 aromatic carbocycles. The van der Waals surface area contributed by atoms with Crippen molar-refractivity contribution in [2.24, 2.45) is 4.99 Å². The average Bonchev–Trinajstić information content (AvgIpc) is 2.69. The summed E-state index contributed by atoms with van der Waals surface area (Å²) >= 11 is 0. The van der Waals surface area contributed by atoms with E-state index in [-0.39, 0.29) is 18.5 Å². The minimum atomic E-state index is -0.289. The molecule has 0 aliphatic carbocycles. The second-order valence-electron chi connectivity index (χ2n) is 3.21. The van der Waals surface area contributed by atoms with E-state index >= 15 is 0 Å². The number of aliphatic imine (C=N–C) groups is 1. The lowest BCUT2D eigenvalue weighted by Gasteiger charge is -2.04. The van der Waals surface area contributed by atoms with Crippen molar-refractivity contribution < 1.29 is 14.2 Å². The molecule has 0 saturated carbocycles. The van der Waals surface area contributed by atoms with Crippen LogP contribution in [0.2, 0.25) is 0 Å². The van der Waals surface area contributed by atoms with E-state index in [1.54, 1.807) is 12.1 Å². The first-order chi connectivity index (χ1) is 7.28. The Kier molecular flexibility index (Phi) is 2.82. The molecule has 4 nitrogen and oxygen atoms in total. The Bertz CT molecular complexity index is 364. The van der Waals surface area contributed by atoms with Gasteiger partial charge in [0, 0.05) is 5.69 Å². The molecule has 0 fully saturated rings. The molecule has 1 heterocycles. The lowest BCUT2D eigenvalue weighted by atomic mass is 10.3. The maximum Gasteiger partial charge on any atom is 0.289 e. The highest BCUT2D eigenvalue weighted by Crippen LogP contribution is 2.11. The largest absolute Gasteiger partial charge is 0.463 e. The molecule has 1 atom stereocenters. The van der Waals surface area contributed by atoms with Crippen molar-refractivity contribution >= 4 is 11.7 Å². The molecule has 2 N–H and O–H groups in total. The lowest BCUT2D eigenvalue weighted by molar-refractivity contribution is 0.227. The third-order valence-corrected chi connectivity index (χ3v) is 2.02. The van der Waals surface area contributed by atoms with E-state index in [9.17, 15) is 4.39 Å². The van der Waals surface area contributed by atoms with Crippen molar-refractivity contribution in [1.82, 2.24) is 0 Å². The van der Waals surface area contributed by atoms with Gasteiger partial charge in [0.15, 0.2) is 0 Å². The normalized spacial score (nSPS) is 19.6. The van der Waals surface area contributed by atoms with Crippen LogP contribution in [0.3, 0.4) is 0 Å². The first kappa shape index (κ1) is 9.92. The summed E-state index contributed by atoms with van der Waals surface area (Å²) in [6.45, 7) is 0.342. The second kappa shape index (κ2) is 4.27. The Morgan fingerprint density at radius 1 is 1.47 bits per heavy atom. The highest BCUT2D eigenvalue weighted by atomic mass is 19.1. The van der Waals surface area contributed by atoms with Gasteiger partial charge >= 0.3 is 0 Å². The van der Waals surface area contributed by atoms with Gasteiger partial charge in [0.2, 0.25) is 0 Å². The minimum Gasteiger partial charge on any atom is -0.463 e. The molecular weight excluding hydrogens is 199 g/mol. The van der Waals surface area contributed by atoms with Gasteiger partial charge in [-0.05, 0) is 24.3 Å². The Morgan fingerprint density at radius 3 is 2.80 bits per heavy atom. The summed E-state index contributed by atoms with van der Waals surface area (Å²) in [5.41, 5.74) is 0.703. The van der Waals surface area contributed by atoms with Crippen LogP contribution in [0.25, 0.3) is 0 Å². The zero-order chi connectivity index (χ0) is 10.7. The molecule has 1 unspecified atom stereocenters. The zero-order valence-electron chi connectivity index (χ0n) is 7.98. The van der Waals surface area contributed by atoms with Crippen LogP contribution in [0, 0.1) is 5.82 Å². The van der Waals surface area contributed by atoms with Gasteiger partial charge < -0.3 is 15.2 Å². The van der Waals surface area contributed by atoms with Gasteiger partial charge in [-0.15, -0.1) is 0 Å². The molecule has 15 heavy (non-hydrogen) atoms. The number of nitrogens with one attached hydrogen (secondary N) is 1. The Balaban J connectivity index is 2.00. The molecule has 0 amide bonds. The number of amidine groups is 1. The van der Waals surface area contributed by atoms with Crippen molar-refractivity contribution in [2.45, 2.75) is 6.04 Å². The summed E-state index contributed by atoms with van der Waals surface area (Å²) in [5, 5.41) is 11.7. The minimum absolute atomic E-state index is 0.0331. The van der Waals surface area contributed by atoms with Gasteiger partial charge in [0.1, 0.15) is 18.5 Å². The van der Waals surface area contributed by atoms with Crippen LogP contribution in [0.1, 0.15) is 0 Å². The maximum atomic E-state index is 12.6. The quantitative estimate of drug-likeness (QED) is 0.765. The molecule has 0 aromatic heterocycles. The first-order valence-corrected chi connectivity index (χ1v) is 4.62. The van der Waals surface area contributed by atoms with E-state index in [0.717, 1.165) is 0 Å². The molecule has 2 rings (SSSR count). The van der Waals surface area contributed by atoms with Crippen molar-refractivity contribution in [3.8, 4) is 0 Å². The zero-order valence-corrected chi connectivity index (χ0v) is 7.98. The van der Waals surface area contributed by atoms with Gasteiger partial charge in [-0.2, -0.15) is 0 Å². The van der Waals surface area contributed by atoms with Crippen LogP contribution in [-0.2, 0) is 4.74 Å². The summed E-state index contributed by atoms with van der Waals surface area (Å²) in [6.07, 6.45) is 0. The fourth-order valence-electron chi connectivity index (χ4n) is 1.23. The molecule has 0 saturated heterocycles. The van der Waals surface area contributed by atoms with Crippen LogP contribution >= 0.6 is 0 Å². The number of nitrogens with zero attached hydrogens (tertiary/aromatic N) is 1. The summed E-state index contributed by atoms with van der Waals surface area (Å²) in [5.74, 6) is -0.289. The molecule has 0 spiro atoms. The summed E-state index contributed by atoms with van der Waals surface area (Å²) in [4.78, 5) is 4.06. The SMILES string of the molecule is OCC1COC(Nc2ccc(F)cc2)=N1. The standard InChI is InChI=1S/C10H11FN2O2/c11-7-1-3-8(4-2-7)12-10-13-9(5-14)6-15-10/h1-4,9,14H,5-6H2,(H,12,13). The molecular formula is C10H11FN2O2. The fourth-order valence-corrected chi connectivity index (χ4v) is 1.23. The maximum absolute atomic E-state index is 12.6. The number of anilines is 1. The summed E-state index contributed by atoms with van der Waals surface area (Å²) < 4.78 is 17.8. The number of hydrogen-bond acceptors (Lipinski definition) is 4. The van der Waals surface area contributed by atoms with Gasteiger partial charge in [-0.25, -0.2) is 9.38 Å². The molecule has 5 heteroatoms. The number of ether oxygens (including phenoxy) is 1. The molecule has 80 valence electrons. The predicted molar refractivity (Wildman–Crippen MR) is 54.3 cm³/mol. The van der Waals surface area contributed by atoms with Crippen LogP contribution in [0.15, 0.2) is 29.3 Å². The van der Waals surface area contributed by atoms with E-state index in [1.165, 1.54) is 12.1 Å². The molecule has 1 aromatic rings. The van der Waals surface area contributed by atoms with E-state index in [2.05, 4.69) is 10.3 Å². The van der Waals surface area contributed by atoms with Gasteiger partial charge in [-0.3, -0.25) is 0 Å². The highest BCUT2D eigenvalue weighted by molar-refractivity contribution is 5.89. The lowest BCUT2D eigenvalue weighted by Crippen LogP contribution is -2.12. The van der Waals surface area contributed by atoms with Crippen LogP contribution in [0.4, 0.5) is 10.1 Å². The predicted octanol–water partition coefficient (Wildman–Crippen LogP) is 0.985. The van der Waals surface area contributed by atoms with Gasteiger partial charge in [-0.1, -0.05) is 0 Å². The molecule has 0 radical (unpaired) electrons. The van der Waals surface area contributed by atoms with E-state index in [1.807, 2.05) is 0 Å². The first-order valence-electron chi connectivity index (χ1n) is 4.62. The third kappa shape index (κ3) is 2.44. The fraction of sp³-hybridized carbons (Fsp3) is 0.300. The number of rotatable bonds is 2. The highest BCUT2D eigenvalue weighted by Gasteiger charge is 2.17. The third-order valence-electron chi connectivity index (χ3n) is 2.02. The van der Waals surface area contributed by atoms with Gasteiger partial charge in [0.25, 0.3) is 6.02 Å². The number of aliphatic hydroxyl groups excluding tert-OH is 1. The number of halogens is 1. The molecule has 0 bridgehead atoms. The number of aliphatic hydroxyl groups is 1. The van der Waals surface area contributed by atoms with Crippen molar-refractivity contribution in [3.05, 3.63) is 30.1 Å². The van der Waals surface area contributed by atoms with Crippen LogP contribution in [-0.4, -0.2) is 30.4 Å². The Morgan fingerprint density at radius 2 is 2.20 bits per heavy atom. The summed E-state index contributed by atoms with van der Waals surface area (Å²) in [6, 6.07) is 6.04. The Hall–Kier alpha value is -1.62. The molecule has 1 aliphatic rings. The molecule has 1 aliphatic heterocycles. The topological polar surface area (TPSA) is 53.9 Å². The van der Waals surface area contributed by atoms with Crippen LogP contribution < -0.4 is 5.32 Å². The smallest absolute Gasteiger partial charge is 0.289 e. The average molecular weight is 210 g/mol. The second-order valence-corrected chi connectivity index (χ2v) is 3.21. The number of hydrogen-bond donors (Lipinski definition) is 2. The summed E-state index contributed by atoms with van der Waals surface area (Å²) in [7, 11) is 0. The monoisotopic (exact) mass is 210 g/mol. The van der Waals surface area contributed by atoms with E-state index in [4.69, 9.17) is 9.84 Å². The van der Waals surface area contributed by atoms with E-state index in [0.29, 0.717) is 18.3 Å². The number of benzene rings is 1. The Labute approximate surface area is 86.4 Å². The van der Waals surface area contributed by atoms with Crippen molar-refractivity contribution in [2.75, 3.05) is 18.5 Å². The van der Waals surface area contributed by atoms with Crippen molar-refractivity contribution in [3.63, 3.8) is 0 Å².